The maximum absolute atomic E-state index is 13.8. The van der Waals surface area contributed by atoms with Crippen LogP contribution in [0, 0.1) is 11.8 Å². The Kier molecular flexibility index (Phi) is 13.1. The second-order valence-corrected chi connectivity index (χ2v) is 12.3. The molecule has 1 aliphatic heterocycles. The van der Waals surface area contributed by atoms with Gasteiger partial charge in [0.15, 0.2) is 0 Å². The molecule has 1 aliphatic rings. The average Bonchev–Trinajstić information content (AvgIpc) is 3.00. The molecule has 4 amide bonds. The van der Waals surface area contributed by atoms with Gasteiger partial charge in [0.1, 0.15) is 42.5 Å². The number of hydrogen-bond donors (Lipinski definition) is 2. The molecular weight excluding hydrogens is 576 g/mol. The van der Waals surface area contributed by atoms with Crippen molar-refractivity contribution in [2.75, 3.05) is 41.0 Å². The summed E-state index contributed by atoms with van der Waals surface area (Å²) in [6, 6.07) is 11.5. The molecule has 0 fully saturated rings. The minimum absolute atomic E-state index is 0.118. The fourth-order valence-electron chi connectivity index (χ4n) is 5.19. The topological polar surface area (TPSA) is 127 Å². The van der Waals surface area contributed by atoms with Crippen molar-refractivity contribution in [2.45, 2.75) is 65.1 Å². The van der Waals surface area contributed by atoms with E-state index in [9.17, 15) is 19.2 Å². The van der Waals surface area contributed by atoms with Crippen molar-refractivity contribution in [1.29, 1.82) is 0 Å². The number of nitrogens with zero attached hydrogens (tertiary/aromatic N) is 2. The second kappa shape index (κ2) is 16.7. The van der Waals surface area contributed by atoms with Crippen molar-refractivity contribution < 1.29 is 33.4 Å². The van der Waals surface area contributed by atoms with E-state index < -0.39 is 29.8 Å². The van der Waals surface area contributed by atoms with Gasteiger partial charge in [0.05, 0.1) is 31.7 Å². The van der Waals surface area contributed by atoms with Gasteiger partial charge in [-0.3, -0.25) is 19.2 Å². The molecule has 0 saturated carbocycles. The Hall–Kier alpha value is -4.28. The molecule has 1 heterocycles. The summed E-state index contributed by atoms with van der Waals surface area (Å²) < 4.78 is 17.1. The first kappa shape index (κ1) is 35.2. The third-order valence-electron chi connectivity index (χ3n) is 7.67. The number of methoxy groups -OCH3 is 1. The molecule has 45 heavy (non-hydrogen) atoms. The van der Waals surface area contributed by atoms with Gasteiger partial charge in [-0.05, 0) is 61.1 Å². The number of fused-ring (bicyclic) bond motifs is 1. The summed E-state index contributed by atoms with van der Waals surface area (Å²) in [6.45, 7) is 8.64. The maximum atomic E-state index is 13.8. The Morgan fingerprint density at radius 2 is 1.62 bits per heavy atom. The molecule has 11 nitrogen and oxygen atoms in total. The number of nitrogens with one attached hydrogen (secondary N) is 2. The van der Waals surface area contributed by atoms with Crippen LogP contribution < -0.4 is 24.8 Å². The summed E-state index contributed by atoms with van der Waals surface area (Å²) >= 11 is 0. The first-order valence-corrected chi connectivity index (χ1v) is 15.5. The summed E-state index contributed by atoms with van der Waals surface area (Å²) in [5.74, 6) is 0.286. The molecule has 2 N–H and O–H groups in total. The van der Waals surface area contributed by atoms with Crippen LogP contribution in [0.1, 0.15) is 57.3 Å². The fraction of sp³-hybridized carbons (Fsp3) is 0.529. The number of para-hydroxylation sites is 1. The van der Waals surface area contributed by atoms with E-state index in [0.29, 0.717) is 30.1 Å². The van der Waals surface area contributed by atoms with E-state index in [1.54, 1.807) is 74.6 Å². The molecule has 0 aromatic heterocycles. The summed E-state index contributed by atoms with van der Waals surface area (Å²) in [6.07, 6.45) is 0.739. The molecule has 3 rings (SSSR count). The quantitative estimate of drug-likeness (QED) is 0.414. The van der Waals surface area contributed by atoms with Crippen LogP contribution in [-0.4, -0.2) is 92.5 Å². The number of ether oxygens (including phenoxy) is 3. The van der Waals surface area contributed by atoms with Crippen LogP contribution in [0.25, 0.3) is 0 Å². The molecule has 0 bridgehead atoms. The molecule has 2 aromatic carbocycles. The van der Waals surface area contributed by atoms with Gasteiger partial charge in [-0.1, -0.05) is 39.8 Å². The van der Waals surface area contributed by atoms with Gasteiger partial charge in [-0.2, -0.15) is 0 Å². The number of likely N-dealkylation sites (N-methyl/N-ethyl adjacent to an activating group) is 2. The molecule has 3 atom stereocenters. The summed E-state index contributed by atoms with van der Waals surface area (Å²) in [5.41, 5.74) is 0.230. The van der Waals surface area contributed by atoms with Crippen LogP contribution in [0.5, 0.6) is 17.2 Å². The Morgan fingerprint density at radius 3 is 2.27 bits per heavy atom. The van der Waals surface area contributed by atoms with Gasteiger partial charge in [0.2, 0.25) is 17.7 Å². The molecule has 0 unspecified atom stereocenters. The largest absolute Gasteiger partial charge is 0.497 e. The molecule has 0 aliphatic carbocycles. The number of hydrogen-bond acceptors (Lipinski definition) is 7. The molecule has 0 saturated heterocycles. The highest BCUT2D eigenvalue weighted by Crippen LogP contribution is 2.22. The van der Waals surface area contributed by atoms with Crippen molar-refractivity contribution in [3.63, 3.8) is 0 Å². The Labute approximate surface area is 266 Å². The summed E-state index contributed by atoms with van der Waals surface area (Å²) in [5, 5.41) is 5.62. The molecule has 246 valence electrons. The lowest BCUT2D eigenvalue weighted by Gasteiger charge is -2.34. The van der Waals surface area contributed by atoms with Crippen LogP contribution in [0.15, 0.2) is 48.5 Å². The molecule has 0 spiro atoms. The van der Waals surface area contributed by atoms with Crippen molar-refractivity contribution in [3.05, 3.63) is 54.1 Å². The Morgan fingerprint density at radius 1 is 0.978 bits per heavy atom. The third-order valence-corrected chi connectivity index (χ3v) is 7.67. The number of amides is 4. The van der Waals surface area contributed by atoms with Crippen LogP contribution in [0.3, 0.4) is 0 Å². The number of rotatable bonds is 10. The normalized spacial score (nSPS) is 19.6. The highest BCUT2D eigenvalue weighted by Gasteiger charge is 2.33. The summed E-state index contributed by atoms with van der Waals surface area (Å²) in [4.78, 5) is 57.5. The van der Waals surface area contributed by atoms with Gasteiger partial charge in [-0.15, -0.1) is 0 Å². The maximum Gasteiger partial charge on any atom is 0.255 e. The van der Waals surface area contributed by atoms with Gasteiger partial charge in [0, 0.05) is 14.1 Å². The van der Waals surface area contributed by atoms with Crippen LogP contribution >= 0.6 is 0 Å². The molecule has 0 radical (unpaired) electrons. The monoisotopic (exact) mass is 624 g/mol. The van der Waals surface area contributed by atoms with Crippen LogP contribution in [0.4, 0.5) is 0 Å². The Balaban J connectivity index is 1.86. The minimum Gasteiger partial charge on any atom is -0.497 e. The van der Waals surface area contributed by atoms with E-state index in [-0.39, 0.29) is 55.5 Å². The third kappa shape index (κ3) is 10.4. The van der Waals surface area contributed by atoms with Crippen molar-refractivity contribution in [1.82, 2.24) is 20.4 Å². The molecule has 11 heteroatoms. The van der Waals surface area contributed by atoms with E-state index in [2.05, 4.69) is 24.5 Å². The SMILES string of the molecule is COc1ccc(OCCN(C)C(=O)[C@@H]2CC(=O)N[C@H](CC(C)C)C(=O)N(C)[C@H](CC(C)C)COc3ccccc3C(=O)N2)cc1. The highest BCUT2D eigenvalue weighted by molar-refractivity contribution is 6.01. The van der Waals surface area contributed by atoms with E-state index in [4.69, 9.17) is 14.2 Å². The van der Waals surface area contributed by atoms with E-state index in [1.165, 1.54) is 4.90 Å². The zero-order valence-electron chi connectivity index (χ0n) is 27.5. The number of carbonyl (C=O) groups is 4. The van der Waals surface area contributed by atoms with E-state index in [0.717, 1.165) is 0 Å². The fourth-order valence-corrected chi connectivity index (χ4v) is 5.19. The highest BCUT2D eigenvalue weighted by atomic mass is 16.5. The smallest absolute Gasteiger partial charge is 0.255 e. The average molecular weight is 625 g/mol. The first-order valence-electron chi connectivity index (χ1n) is 15.5. The molecular formula is C34H48N4O7. The van der Waals surface area contributed by atoms with Gasteiger partial charge >= 0.3 is 0 Å². The Bertz CT molecular complexity index is 1300. The van der Waals surface area contributed by atoms with Crippen LogP contribution in [0.2, 0.25) is 0 Å². The van der Waals surface area contributed by atoms with E-state index >= 15 is 0 Å². The van der Waals surface area contributed by atoms with Crippen molar-refractivity contribution in [2.24, 2.45) is 11.8 Å². The standard InChI is InChI=1S/C34H48N4O7/c1-22(2)18-24-21-45-30-11-9-8-10-27(30)32(40)36-29(20-31(39)35-28(19-23(3)4)34(42)38(24)6)33(41)37(5)16-17-44-26-14-12-25(43-7)13-15-26/h8-15,22-24,28-29H,16-21H2,1-7H3,(H,35,39)(H,36,40)/t24-,28-,29+/m1/s1. The zero-order valence-corrected chi connectivity index (χ0v) is 27.5. The lowest BCUT2D eigenvalue weighted by atomic mass is 9.99. The van der Waals surface area contributed by atoms with E-state index in [1.807, 2.05) is 13.8 Å². The number of carbonyl (C=O) groups excluding carboxylic acids is 4. The first-order chi connectivity index (χ1) is 21.4. The predicted octanol–water partition coefficient (Wildman–Crippen LogP) is 3.52. The van der Waals surface area contributed by atoms with Crippen LogP contribution in [-0.2, 0) is 14.4 Å². The predicted molar refractivity (Wildman–Crippen MR) is 171 cm³/mol. The molecule has 2 aromatic rings. The number of benzene rings is 2. The summed E-state index contributed by atoms with van der Waals surface area (Å²) in [7, 11) is 4.88. The minimum atomic E-state index is -1.19. The van der Waals surface area contributed by atoms with Crippen molar-refractivity contribution >= 4 is 23.6 Å². The zero-order chi connectivity index (χ0) is 33.1. The second-order valence-electron chi connectivity index (χ2n) is 12.3. The lowest BCUT2D eigenvalue weighted by Crippen LogP contribution is -2.55. The van der Waals surface area contributed by atoms with Crippen molar-refractivity contribution in [3.8, 4) is 17.2 Å². The van der Waals surface area contributed by atoms with Gasteiger partial charge in [-0.25, -0.2) is 0 Å². The van der Waals surface area contributed by atoms with Gasteiger partial charge in [0.25, 0.3) is 5.91 Å². The van der Waals surface area contributed by atoms with Gasteiger partial charge < -0.3 is 34.6 Å². The lowest BCUT2D eigenvalue weighted by molar-refractivity contribution is -0.139.